The highest BCUT2D eigenvalue weighted by molar-refractivity contribution is 7.10. The molecule has 1 amide bonds. The molecule has 2 heterocycles. The van der Waals surface area contributed by atoms with Crippen LogP contribution in [0.3, 0.4) is 0 Å². The lowest BCUT2D eigenvalue weighted by atomic mass is 9.98. The SMILES string of the molecule is CC1(C)CC1C(=O)N1CCc2sccc2C1C(=O)O. The number of aliphatic carboxylic acids is 1. The van der Waals surface area contributed by atoms with E-state index >= 15 is 0 Å². The summed E-state index contributed by atoms with van der Waals surface area (Å²) in [5.74, 6) is -0.921. The number of thiophene rings is 1. The molecule has 2 atom stereocenters. The number of carbonyl (C=O) groups excluding carboxylic acids is 1. The second-order valence-corrected chi connectivity index (χ2v) is 7.07. The van der Waals surface area contributed by atoms with E-state index in [0.717, 1.165) is 23.3 Å². The van der Waals surface area contributed by atoms with E-state index in [9.17, 15) is 14.7 Å². The number of fused-ring (bicyclic) bond motifs is 1. The quantitative estimate of drug-likeness (QED) is 0.903. The Morgan fingerprint density at radius 1 is 1.47 bits per heavy atom. The van der Waals surface area contributed by atoms with E-state index in [1.54, 1.807) is 16.2 Å². The normalized spacial score (nSPS) is 27.8. The minimum atomic E-state index is -0.925. The molecule has 2 aliphatic rings. The van der Waals surface area contributed by atoms with E-state index in [1.807, 2.05) is 11.4 Å². The van der Waals surface area contributed by atoms with Crippen LogP contribution >= 0.6 is 11.3 Å². The zero-order valence-electron chi connectivity index (χ0n) is 11.0. The van der Waals surface area contributed by atoms with Crippen LogP contribution in [0, 0.1) is 11.3 Å². The summed E-state index contributed by atoms with van der Waals surface area (Å²) in [5, 5.41) is 11.4. The molecule has 0 aromatic carbocycles. The first-order chi connectivity index (χ1) is 8.92. The van der Waals surface area contributed by atoms with Gasteiger partial charge in [0.05, 0.1) is 0 Å². The number of nitrogens with zero attached hydrogens (tertiary/aromatic N) is 1. The third-order valence-electron chi connectivity index (χ3n) is 4.29. The summed E-state index contributed by atoms with van der Waals surface area (Å²) in [6.45, 7) is 4.65. The van der Waals surface area contributed by atoms with Gasteiger partial charge in [-0.2, -0.15) is 0 Å². The summed E-state index contributed by atoms with van der Waals surface area (Å²) in [5.41, 5.74) is 0.838. The summed E-state index contributed by atoms with van der Waals surface area (Å²) in [6.07, 6.45) is 1.64. The van der Waals surface area contributed by atoms with Gasteiger partial charge in [0.1, 0.15) is 0 Å². The van der Waals surface area contributed by atoms with Gasteiger partial charge in [-0.3, -0.25) is 4.79 Å². The standard InChI is InChI=1S/C14H17NO3S/c1-14(2)7-9(14)12(16)15-5-3-10-8(4-6-19-10)11(15)13(17)18/h4,6,9,11H,3,5,7H2,1-2H3,(H,17,18). The van der Waals surface area contributed by atoms with E-state index in [0.29, 0.717) is 6.54 Å². The molecule has 19 heavy (non-hydrogen) atoms. The van der Waals surface area contributed by atoms with E-state index < -0.39 is 12.0 Å². The molecule has 1 aromatic heterocycles. The zero-order valence-corrected chi connectivity index (χ0v) is 11.9. The Labute approximate surface area is 116 Å². The van der Waals surface area contributed by atoms with Gasteiger partial charge in [0.2, 0.25) is 5.91 Å². The largest absolute Gasteiger partial charge is 0.479 e. The van der Waals surface area contributed by atoms with Crippen molar-refractivity contribution in [2.24, 2.45) is 11.3 Å². The maximum absolute atomic E-state index is 12.5. The van der Waals surface area contributed by atoms with Crippen molar-refractivity contribution in [1.82, 2.24) is 4.90 Å². The molecule has 1 saturated carbocycles. The Hall–Kier alpha value is -1.36. The van der Waals surface area contributed by atoms with Gasteiger partial charge in [0, 0.05) is 17.3 Å². The number of carbonyl (C=O) groups is 2. The molecule has 1 fully saturated rings. The molecule has 0 bridgehead atoms. The van der Waals surface area contributed by atoms with Crippen molar-refractivity contribution in [3.05, 3.63) is 21.9 Å². The summed E-state index contributed by atoms with van der Waals surface area (Å²) >= 11 is 1.58. The molecule has 5 heteroatoms. The molecule has 1 aromatic rings. The van der Waals surface area contributed by atoms with Gasteiger partial charge in [-0.25, -0.2) is 4.79 Å². The van der Waals surface area contributed by atoms with Crippen molar-refractivity contribution in [3.63, 3.8) is 0 Å². The number of carboxylic acid groups (broad SMARTS) is 1. The van der Waals surface area contributed by atoms with Crippen LogP contribution in [0.2, 0.25) is 0 Å². The molecular formula is C14H17NO3S. The van der Waals surface area contributed by atoms with Gasteiger partial charge < -0.3 is 10.0 Å². The van der Waals surface area contributed by atoms with Crippen molar-refractivity contribution in [2.75, 3.05) is 6.54 Å². The molecule has 102 valence electrons. The van der Waals surface area contributed by atoms with Gasteiger partial charge in [0.15, 0.2) is 6.04 Å². The number of amides is 1. The van der Waals surface area contributed by atoms with Crippen LogP contribution in [0.1, 0.15) is 36.8 Å². The molecule has 3 rings (SSSR count). The van der Waals surface area contributed by atoms with Crippen molar-refractivity contribution in [3.8, 4) is 0 Å². The summed E-state index contributed by atoms with van der Waals surface area (Å²) in [6, 6.07) is 1.05. The lowest BCUT2D eigenvalue weighted by Crippen LogP contribution is -2.44. The Morgan fingerprint density at radius 2 is 2.16 bits per heavy atom. The predicted molar refractivity (Wildman–Crippen MR) is 72.0 cm³/mol. The highest BCUT2D eigenvalue weighted by atomic mass is 32.1. The fraction of sp³-hybridized carbons (Fsp3) is 0.571. The number of carboxylic acids is 1. The molecule has 1 aliphatic heterocycles. The number of rotatable bonds is 2. The van der Waals surface area contributed by atoms with E-state index in [2.05, 4.69) is 13.8 Å². The first-order valence-electron chi connectivity index (χ1n) is 6.51. The fourth-order valence-corrected chi connectivity index (χ4v) is 3.81. The molecule has 1 aliphatic carbocycles. The minimum Gasteiger partial charge on any atom is -0.479 e. The van der Waals surface area contributed by atoms with Crippen LogP contribution < -0.4 is 0 Å². The topological polar surface area (TPSA) is 57.6 Å². The monoisotopic (exact) mass is 279 g/mol. The van der Waals surface area contributed by atoms with Crippen LogP contribution in [0.5, 0.6) is 0 Å². The van der Waals surface area contributed by atoms with Crippen LogP contribution in [-0.2, 0) is 16.0 Å². The zero-order chi connectivity index (χ0) is 13.8. The Morgan fingerprint density at radius 3 is 2.74 bits per heavy atom. The summed E-state index contributed by atoms with van der Waals surface area (Å²) in [4.78, 5) is 26.7. The Kier molecular flexibility index (Phi) is 2.71. The van der Waals surface area contributed by atoms with Gasteiger partial charge >= 0.3 is 5.97 Å². The van der Waals surface area contributed by atoms with Gasteiger partial charge in [-0.1, -0.05) is 13.8 Å². The molecule has 0 spiro atoms. The number of hydrogen-bond donors (Lipinski definition) is 1. The van der Waals surface area contributed by atoms with Gasteiger partial charge in [0.25, 0.3) is 0 Å². The highest BCUT2D eigenvalue weighted by Gasteiger charge is 2.53. The van der Waals surface area contributed by atoms with Crippen LogP contribution in [0.25, 0.3) is 0 Å². The third-order valence-corrected chi connectivity index (χ3v) is 5.29. The third kappa shape index (κ3) is 1.96. The summed E-state index contributed by atoms with van der Waals surface area (Å²) in [7, 11) is 0. The molecule has 0 saturated heterocycles. The van der Waals surface area contributed by atoms with Crippen LogP contribution in [0.15, 0.2) is 11.4 Å². The molecule has 0 radical (unpaired) electrons. The van der Waals surface area contributed by atoms with Gasteiger partial charge in [-0.15, -0.1) is 11.3 Å². The smallest absolute Gasteiger partial charge is 0.331 e. The van der Waals surface area contributed by atoms with Crippen LogP contribution in [0.4, 0.5) is 0 Å². The fourth-order valence-electron chi connectivity index (χ4n) is 2.91. The lowest BCUT2D eigenvalue weighted by Gasteiger charge is -2.33. The predicted octanol–water partition coefficient (Wildman–Crippen LogP) is 2.30. The van der Waals surface area contributed by atoms with Crippen molar-refractivity contribution in [1.29, 1.82) is 0 Å². The second kappa shape index (κ2) is 4.07. The summed E-state index contributed by atoms with van der Waals surface area (Å²) < 4.78 is 0. The average Bonchev–Trinajstić information content (AvgIpc) is 2.77. The minimum absolute atomic E-state index is 0.00506. The van der Waals surface area contributed by atoms with Crippen molar-refractivity contribution < 1.29 is 14.7 Å². The van der Waals surface area contributed by atoms with Crippen molar-refractivity contribution in [2.45, 2.75) is 32.7 Å². The van der Waals surface area contributed by atoms with E-state index in [4.69, 9.17) is 0 Å². The van der Waals surface area contributed by atoms with Crippen molar-refractivity contribution >= 4 is 23.2 Å². The highest BCUT2D eigenvalue weighted by Crippen LogP contribution is 2.53. The average molecular weight is 279 g/mol. The Bertz CT molecular complexity index is 549. The van der Waals surface area contributed by atoms with E-state index in [1.165, 1.54) is 0 Å². The lowest BCUT2D eigenvalue weighted by molar-refractivity contribution is -0.152. The second-order valence-electron chi connectivity index (χ2n) is 6.07. The number of hydrogen-bond acceptors (Lipinski definition) is 3. The van der Waals surface area contributed by atoms with E-state index in [-0.39, 0.29) is 17.2 Å². The first-order valence-corrected chi connectivity index (χ1v) is 7.39. The molecule has 4 nitrogen and oxygen atoms in total. The maximum Gasteiger partial charge on any atom is 0.331 e. The maximum atomic E-state index is 12.5. The molecule has 1 N–H and O–H groups in total. The molecular weight excluding hydrogens is 262 g/mol. The van der Waals surface area contributed by atoms with Gasteiger partial charge in [-0.05, 0) is 35.3 Å². The molecule has 2 unspecified atom stereocenters. The first kappa shape index (κ1) is 12.7. The Balaban J connectivity index is 1.90. The van der Waals surface area contributed by atoms with Crippen LogP contribution in [-0.4, -0.2) is 28.4 Å².